The Morgan fingerprint density at radius 2 is 1.56 bits per heavy atom. The van der Waals surface area contributed by atoms with Gasteiger partial charge in [0.05, 0.1) is 10.5 Å². The first-order chi connectivity index (χ1) is 16.0. The fraction of sp³-hybridized carbons (Fsp3) is 0.208. The second-order valence-electron chi connectivity index (χ2n) is 7.85. The van der Waals surface area contributed by atoms with Gasteiger partial charge in [-0.15, -0.1) is 0 Å². The Balaban J connectivity index is 1.84. The van der Waals surface area contributed by atoms with Crippen molar-refractivity contribution in [2.75, 3.05) is 11.9 Å². The molecule has 0 unspecified atom stereocenters. The predicted molar refractivity (Wildman–Crippen MR) is 128 cm³/mol. The molecule has 3 aromatic carbocycles. The number of rotatable bonds is 8. The Morgan fingerprint density at radius 3 is 2.15 bits per heavy atom. The molecule has 0 saturated heterocycles. The molecule has 3 aromatic rings. The number of carbonyl (C=O) groups excluding carboxylic acids is 3. The molecule has 0 aliphatic rings. The van der Waals surface area contributed by atoms with Gasteiger partial charge in [0.2, 0.25) is 5.91 Å². The summed E-state index contributed by atoms with van der Waals surface area (Å²) in [4.78, 5) is 36.1. The number of hydrogen-bond donors (Lipinski definition) is 3. The lowest BCUT2D eigenvalue weighted by Gasteiger charge is -2.14. The summed E-state index contributed by atoms with van der Waals surface area (Å²) in [5.41, 5.74) is 0.550. The monoisotopic (exact) mass is 483 g/mol. The average molecular weight is 484 g/mol. The van der Waals surface area contributed by atoms with Crippen LogP contribution in [-0.2, 0) is 19.6 Å². The summed E-state index contributed by atoms with van der Waals surface area (Å²) >= 11 is 0. The van der Waals surface area contributed by atoms with Crippen molar-refractivity contribution in [3.63, 3.8) is 0 Å². The van der Waals surface area contributed by atoms with Crippen molar-refractivity contribution >= 4 is 44.2 Å². The molecule has 0 spiro atoms. The van der Waals surface area contributed by atoms with Crippen molar-refractivity contribution < 1.29 is 27.5 Å². The highest BCUT2D eigenvalue weighted by Gasteiger charge is 2.18. The molecular formula is C24H25N3O6S. The summed E-state index contributed by atoms with van der Waals surface area (Å²) in [6, 6.07) is 16.1. The van der Waals surface area contributed by atoms with E-state index >= 15 is 0 Å². The first kappa shape index (κ1) is 24.7. The largest absolute Gasteiger partial charge is 0.483 e. The molecule has 3 N–H and O–H groups in total. The minimum Gasteiger partial charge on any atom is -0.483 e. The van der Waals surface area contributed by atoms with Crippen LogP contribution in [-0.4, -0.2) is 38.8 Å². The molecule has 0 atom stereocenters. The van der Waals surface area contributed by atoms with E-state index in [1.807, 2.05) is 42.8 Å². The number of sulfonamides is 1. The van der Waals surface area contributed by atoms with Gasteiger partial charge in [-0.05, 0) is 61.0 Å². The van der Waals surface area contributed by atoms with Gasteiger partial charge in [0.1, 0.15) is 5.75 Å². The maximum Gasteiger partial charge on any atom is 0.264 e. The number of carbonyl (C=O) groups is 3. The maximum atomic E-state index is 13.1. The average Bonchev–Trinajstić information content (AvgIpc) is 2.76. The van der Waals surface area contributed by atoms with Crippen LogP contribution in [0.4, 0.5) is 5.69 Å². The van der Waals surface area contributed by atoms with Gasteiger partial charge in [-0.2, -0.15) is 0 Å². The number of anilines is 1. The second-order valence-corrected chi connectivity index (χ2v) is 9.53. The van der Waals surface area contributed by atoms with Crippen LogP contribution < -0.4 is 20.1 Å². The molecule has 3 rings (SSSR count). The zero-order valence-electron chi connectivity index (χ0n) is 18.9. The van der Waals surface area contributed by atoms with Crippen molar-refractivity contribution in [2.24, 2.45) is 0 Å². The summed E-state index contributed by atoms with van der Waals surface area (Å²) < 4.78 is 31.7. The summed E-state index contributed by atoms with van der Waals surface area (Å²) in [5, 5.41) is 7.08. The molecule has 9 nitrogen and oxygen atoms in total. The van der Waals surface area contributed by atoms with Crippen LogP contribution in [0, 0.1) is 0 Å². The fourth-order valence-corrected chi connectivity index (χ4v) is 4.18. The maximum absolute atomic E-state index is 13.1. The van der Waals surface area contributed by atoms with Gasteiger partial charge < -0.3 is 15.4 Å². The van der Waals surface area contributed by atoms with Gasteiger partial charge >= 0.3 is 0 Å². The van der Waals surface area contributed by atoms with Crippen LogP contribution in [0.15, 0.2) is 65.6 Å². The van der Waals surface area contributed by atoms with Crippen LogP contribution in [0.2, 0.25) is 0 Å². The second kappa shape index (κ2) is 10.3. The van der Waals surface area contributed by atoms with Crippen LogP contribution in [0.5, 0.6) is 5.75 Å². The summed E-state index contributed by atoms with van der Waals surface area (Å²) in [7, 11) is -3.98. The van der Waals surface area contributed by atoms with E-state index in [-0.39, 0.29) is 34.8 Å². The third kappa shape index (κ3) is 6.32. The van der Waals surface area contributed by atoms with Crippen LogP contribution in [0.3, 0.4) is 0 Å². The highest BCUT2D eigenvalue weighted by Crippen LogP contribution is 2.27. The molecule has 0 aliphatic carbocycles. The van der Waals surface area contributed by atoms with Crippen LogP contribution >= 0.6 is 0 Å². The Labute approximate surface area is 197 Å². The first-order valence-electron chi connectivity index (χ1n) is 10.4. The lowest BCUT2D eigenvalue weighted by Crippen LogP contribution is -2.34. The molecule has 0 saturated carbocycles. The highest BCUT2D eigenvalue weighted by atomic mass is 32.2. The summed E-state index contributed by atoms with van der Waals surface area (Å²) in [5.74, 6) is -1.28. The quantitative estimate of drug-likeness (QED) is 0.452. The van der Waals surface area contributed by atoms with E-state index in [0.29, 0.717) is 5.69 Å². The van der Waals surface area contributed by atoms with Gasteiger partial charge in [-0.1, -0.05) is 24.3 Å². The van der Waals surface area contributed by atoms with E-state index in [1.165, 1.54) is 24.3 Å². The van der Waals surface area contributed by atoms with E-state index in [9.17, 15) is 22.8 Å². The van der Waals surface area contributed by atoms with Crippen molar-refractivity contribution in [1.82, 2.24) is 10.0 Å². The third-order valence-electron chi connectivity index (χ3n) is 4.60. The van der Waals surface area contributed by atoms with Crippen LogP contribution in [0.1, 0.15) is 31.1 Å². The summed E-state index contributed by atoms with van der Waals surface area (Å²) in [6.07, 6.45) is 0. The SMILES string of the molecule is CC(=O)NS(=O)(=O)c1ccc(NC(=O)c2cc3ccccc3cc2OCC(=O)NC(C)C)cc1. The Morgan fingerprint density at radius 1 is 0.941 bits per heavy atom. The van der Waals surface area contributed by atoms with Gasteiger partial charge in [0.15, 0.2) is 6.61 Å². The normalized spacial score (nSPS) is 11.2. The van der Waals surface area contributed by atoms with Gasteiger partial charge in [-0.25, -0.2) is 13.1 Å². The minimum atomic E-state index is -3.98. The molecule has 3 amide bonds. The Bertz CT molecular complexity index is 1330. The van der Waals surface area contributed by atoms with E-state index in [0.717, 1.165) is 17.7 Å². The van der Waals surface area contributed by atoms with E-state index in [4.69, 9.17) is 4.74 Å². The minimum absolute atomic E-state index is 0.0482. The molecule has 0 bridgehead atoms. The van der Waals surface area contributed by atoms with E-state index in [2.05, 4.69) is 10.6 Å². The highest BCUT2D eigenvalue weighted by molar-refractivity contribution is 7.90. The van der Waals surface area contributed by atoms with Gasteiger partial charge in [-0.3, -0.25) is 14.4 Å². The van der Waals surface area contributed by atoms with Crippen molar-refractivity contribution in [2.45, 2.75) is 31.7 Å². The van der Waals surface area contributed by atoms with Crippen LogP contribution in [0.25, 0.3) is 10.8 Å². The fourth-order valence-electron chi connectivity index (χ4n) is 3.19. The third-order valence-corrected chi connectivity index (χ3v) is 6.05. The number of hydrogen-bond acceptors (Lipinski definition) is 6. The van der Waals surface area contributed by atoms with E-state index in [1.54, 1.807) is 12.1 Å². The molecule has 0 heterocycles. The smallest absolute Gasteiger partial charge is 0.264 e. The molecule has 0 aromatic heterocycles. The zero-order chi connectivity index (χ0) is 24.9. The molecule has 178 valence electrons. The first-order valence-corrected chi connectivity index (χ1v) is 11.9. The Kier molecular flexibility index (Phi) is 7.52. The number of benzene rings is 3. The lowest BCUT2D eigenvalue weighted by atomic mass is 10.1. The lowest BCUT2D eigenvalue weighted by molar-refractivity contribution is -0.123. The summed E-state index contributed by atoms with van der Waals surface area (Å²) in [6.45, 7) is 4.51. The topological polar surface area (TPSA) is 131 Å². The molecular weight excluding hydrogens is 458 g/mol. The van der Waals surface area contributed by atoms with E-state index < -0.39 is 21.8 Å². The standard InChI is InChI=1S/C24H25N3O6S/c1-15(2)25-23(29)14-33-22-13-18-7-5-4-6-17(18)12-21(22)24(30)26-19-8-10-20(11-9-19)34(31,32)27-16(3)28/h4-13,15H,14H2,1-3H3,(H,25,29)(H,26,30)(H,27,28). The molecule has 0 fully saturated rings. The van der Waals surface area contributed by atoms with Crippen molar-refractivity contribution in [3.05, 3.63) is 66.2 Å². The number of amides is 3. The predicted octanol–water partition coefficient (Wildman–Crippen LogP) is 2.82. The number of nitrogens with one attached hydrogen (secondary N) is 3. The van der Waals surface area contributed by atoms with Crippen molar-refractivity contribution in [3.8, 4) is 5.75 Å². The van der Waals surface area contributed by atoms with Gasteiger partial charge in [0.25, 0.3) is 21.8 Å². The number of fused-ring (bicyclic) bond motifs is 1. The molecule has 0 aliphatic heterocycles. The molecule has 34 heavy (non-hydrogen) atoms. The Hall–Kier alpha value is -3.92. The zero-order valence-corrected chi connectivity index (χ0v) is 19.7. The van der Waals surface area contributed by atoms with Gasteiger partial charge in [0, 0.05) is 18.7 Å². The number of ether oxygens (including phenoxy) is 1. The molecule has 0 radical (unpaired) electrons. The molecule has 10 heteroatoms. The van der Waals surface area contributed by atoms with Crippen molar-refractivity contribution in [1.29, 1.82) is 0 Å².